The smallest absolute Gasteiger partial charge is 0.201 e. The van der Waals surface area contributed by atoms with E-state index in [4.69, 9.17) is 9.47 Å². The molecule has 0 N–H and O–H groups in total. The van der Waals surface area contributed by atoms with E-state index in [2.05, 4.69) is 6.92 Å². The van der Waals surface area contributed by atoms with Crippen LogP contribution in [0.15, 0.2) is 60.9 Å². The Bertz CT molecular complexity index is 1180. The Morgan fingerprint density at radius 2 is 1.44 bits per heavy atom. The average molecular weight is 471 g/mol. The minimum atomic E-state index is -1.09. The lowest BCUT2D eigenvalue weighted by atomic mass is 9.93. The second-order valence-electron chi connectivity index (χ2n) is 8.55. The fourth-order valence-electron chi connectivity index (χ4n) is 4.06. The summed E-state index contributed by atoms with van der Waals surface area (Å²) in [5.74, 6) is -3.81. The summed E-state index contributed by atoms with van der Waals surface area (Å²) in [5, 5.41) is 0. The van der Waals surface area contributed by atoms with Gasteiger partial charge in [-0.3, -0.25) is 0 Å². The SMILES string of the molecule is CC/C=C\Oc1ccc(-c2ccc(-c3ccc(C4CCC(C)CO4)c(F)c3F)cc2)c(F)c1F. The lowest BCUT2D eigenvalue weighted by Gasteiger charge is -2.27. The molecular formula is C28H26F4O2. The van der Waals surface area contributed by atoms with Crippen molar-refractivity contribution in [2.75, 3.05) is 6.61 Å². The van der Waals surface area contributed by atoms with Gasteiger partial charge in [-0.2, -0.15) is 4.39 Å². The van der Waals surface area contributed by atoms with Gasteiger partial charge in [0.25, 0.3) is 0 Å². The first-order valence-electron chi connectivity index (χ1n) is 11.4. The lowest BCUT2D eigenvalue weighted by Crippen LogP contribution is -2.19. The van der Waals surface area contributed by atoms with Crippen LogP contribution in [0.1, 0.15) is 44.8 Å². The number of allylic oxidation sites excluding steroid dienone is 1. The van der Waals surface area contributed by atoms with Crippen LogP contribution in [0.4, 0.5) is 17.6 Å². The molecule has 3 aromatic rings. The van der Waals surface area contributed by atoms with Crippen LogP contribution in [0.25, 0.3) is 22.3 Å². The molecule has 2 nitrogen and oxygen atoms in total. The summed E-state index contributed by atoms with van der Waals surface area (Å²) in [7, 11) is 0. The first-order chi connectivity index (χ1) is 16.4. The molecule has 34 heavy (non-hydrogen) atoms. The van der Waals surface area contributed by atoms with E-state index in [1.54, 1.807) is 36.4 Å². The van der Waals surface area contributed by atoms with Gasteiger partial charge in [0.2, 0.25) is 5.82 Å². The lowest BCUT2D eigenvalue weighted by molar-refractivity contribution is -0.0144. The molecule has 0 radical (unpaired) electrons. The van der Waals surface area contributed by atoms with Crippen molar-refractivity contribution in [3.05, 3.63) is 89.7 Å². The Hall–Kier alpha value is -3.12. The third-order valence-electron chi connectivity index (χ3n) is 6.04. The highest BCUT2D eigenvalue weighted by Crippen LogP contribution is 2.36. The summed E-state index contributed by atoms with van der Waals surface area (Å²) in [6.07, 6.45) is 4.79. The van der Waals surface area contributed by atoms with Crippen LogP contribution in [-0.2, 0) is 4.74 Å². The fraction of sp³-hybridized carbons (Fsp3) is 0.286. The quantitative estimate of drug-likeness (QED) is 0.266. The molecule has 2 atom stereocenters. The van der Waals surface area contributed by atoms with Gasteiger partial charge in [-0.15, -0.1) is 0 Å². The number of rotatable bonds is 6. The van der Waals surface area contributed by atoms with Crippen molar-refractivity contribution in [2.45, 2.75) is 39.2 Å². The maximum atomic E-state index is 14.9. The molecular weight excluding hydrogens is 444 g/mol. The minimum Gasteiger partial charge on any atom is -0.462 e. The molecule has 2 unspecified atom stereocenters. The molecule has 0 aromatic heterocycles. The summed E-state index contributed by atoms with van der Waals surface area (Å²) in [6, 6.07) is 12.0. The monoisotopic (exact) mass is 470 g/mol. The third-order valence-corrected chi connectivity index (χ3v) is 6.04. The van der Waals surface area contributed by atoms with Gasteiger partial charge in [-0.1, -0.05) is 50.2 Å². The number of hydrogen-bond acceptors (Lipinski definition) is 2. The molecule has 1 aliphatic heterocycles. The van der Waals surface area contributed by atoms with Gasteiger partial charge in [0, 0.05) is 23.3 Å². The molecule has 1 saturated heterocycles. The van der Waals surface area contributed by atoms with Gasteiger partial charge in [0.05, 0.1) is 12.4 Å². The maximum absolute atomic E-state index is 14.9. The van der Waals surface area contributed by atoms with Gasteiger partial charge in [-0.25, -0.2) is 13.2 Å². The predicted molar refractivity (Wildman–Crippen MR) is 124 cm³/mol. The summed E-state index contributed by atoms with van der Waals surface area (Å²) in [4.78, 5) is 0. The molecule has 0 aliphatic carbocycles. The van der Waals surface area contributed by atoms with Crippen LogP contribution in [0.3, 0.4) is 0 Å². The van der Waals surface area contributed by atoms with Crippen LogP contribution in [-0.4, -0.2) is 6.61 Å². The highest BCUT2D eigenvalue weighted by molar-refractivity contribution is 5.71. The normalized spacial score (nSPS) is 18.4. The molecule has 178 valence electrons. The van der Waals surface area contributed by atoms with Gasteiger partial charge in [0.15, 0.2) is 23.2 Å². The molecule has 1 aliphatic rings. The number of ether oxygens (including phenoxy) is 2. The van der Waals surface area contributed by atoms with E-state index >= 15 is 0 Å². The Labute approximate surface area is 196 Å². The van der Waals surface area contributed by atoms with Crippen molar-refractivity contribution in [3.63, 3.8) is 0 Å². The van der Waals surface area contributed by atoms with Gasteiger partial charge >= 0.3 is 0 Å². The van der Waals surface area contributed by atoms with Gasteiger partial charge < -0.3 is 9.47 Å². The van der Waals surface area contributed by atoms with Crippen LogP contribution >= 0.6 is 0 Å². The first-order valence-corrected chi connectivity index (χ1v) is 11.4. The summed E-state index contributed by atoms with van der Waals surface area (Å²) < 4.78 is 69.6. The molecule has 0 spiro atoms. The Morgan fingerprint density at radius 3 is 2.03 bits per heavy atom. The van der Waals surface area contributed by atoms with Crippen molar-refractivity contribution in [2.24, 2.45) is 5.92 Å². The number of benzene rings is 3. The third kappa shape index (κ3) is 4.87. The predicted octanol–water partition coefficient (Wildman–Crippen LogP) is 8.37. The van der Waals surface area contributed by atoms with Gasteiger partial charge in [-0.05, 0) is 54.5 Å². The van der Waals surface area contributed by atoms with Crippen LogP contribution < -0.4 is 4.74 Å². The Kier molecular flexibility index (Phi) is 7.37. The highest BCUT2D eigenvalue weighted by atomic mass is 19.2. The summed E-state index contributed by atoms with van der Waals surface area (Å²) in [5.41, 5.74) is 1.18. The van der Waals surface area contributed by atoms with Crippen molar-refractivity contribution >= 4 is 0 Å². The average Bonchev–Trinajstić information content (AvgIpc) is 2.85. The topological polar surface area (TPSA) is 18.5 Å². The van der Waals surface area contributed by atoms with E-state index in [9.17, 15) is 17.6 Å². The molecule has 1 fully saturated rings. The molecule has 0 saturated carbocycles. The largest absolute Gasteiger partial charge is 0.462 e. The number of halogens is 4. The highest BCUT2D eigenvalue weighted by Gasteiger charge is 2.26. The van der Waals surface area contributed by atoms with Crippen LogP contribution in [0.5, 0.6) is 5.75 Å². The fourth-order valence-corrected chi connectivity index (χ4v) is 4.06. The zero-order chi connectivity index (χ0) is 24.2. The van der Waals surface area contributed by atoms with Gasteiger partial charge in [0.1, 0.15) is 0 Å². The van der Waals surface area contributed by atoms with Crippen molar-refractivity contribution < 1.29 is 27.0 Å². The van der Waals surface area contributed by atoms with Crippen LogP contribution in [0, 0.1) is 29.2 Å². The zero-order valence-corrected chi connectivity index (χ0v) is 19.1. The second-order valence-corrected chi connectivity index (χ2v) is 8.55. The van der Waals surface area contributed by atoms with E-state index in [1.807, 2.05) is 6.92 Å². The molecule has 3 aromatic carbocycles. The number of hydrogen-bond donors (Lipinski definition) is 0. The molecule has 6 heteroatoms. The van der Waals surface area contributed by atoms with Crippen molar-refractivity contribution in [1.82, 2.24) is 0 Å². The maximum Gasteiger partial charge on any atom is 0.201 e. The van der Waals surface area contributed by atoms with Crippen molar-refractivity contribution in [3.8, 4) is 28.0 Å². The molecule has 4 rings (SSSR count). The van der Waals surface area contributed by atoms with E-state index in [-0.39, 0.29) is 22.4 Å². The standard InChI is InChI=1S/C28H26F4O2/c1-3-4-15-33-24-14-12-21(26(30)28(24)32)19-8-6-18(7-9-19)20-10-11-22(27(31)25(20)29)23-13-5-17(2)16-34-23/h4,6-12,14-15,17,23H,3,5,13,16H2,1-2H3/b15-4-. The molecule has 0 amide bonds. The Balaban J connectivity index is 1.58. The first kappa shape index (κ1) is 24.0. The van der Waals surface area contributed by atoms with Crippen LogP contribution in [0.2, 0.25) is 0 Å². The summed E-state index contributed by atoms with van der Waals surface area (Å²) >= 11 is 0. The van der Waals surface area contributed by atoms with Crippen molar-refractivity contribution in [1.29, 1.82) is 0 Å². The summed E-state index contributed by atoms with van der Waals surface area (Å²) in [6.45, 7) is 4.48. The second kappa shape index (κ2) is 10.4. The molecule has 1 heterocycles. The van der Waals surface area contributed by atoms with E-state index < -0.39 is 29.4 Å². The zero-order valence-electron chi connectivity index (χ0n) is 19.1. The van der Waals surface area contributed by atoms with E-state index in [0.717, 1.165) is 6.42 Å². The Morgan fingerprint density at radius 1 is 0.824 bits per heavy atom. The minimum absolute atomic E-state index is 0.0431. The van der Waals surface area contributed by atoms with E-state index in [0.29, 0.717) is 36.5 Å². The van der Waals surface area contributed by atoms with E-state index in [1.165, 1.54) is 24.5 Å². The molecule has 0 bridgehead atoms.